The summed E-state index contributed by atoms with van der Waals surface area (Å²) in [6, 6.07) is 6.81. The zero-order valence-electron chi connectivity index (χ0n) is 13.8. The van der Waals surface area contributed by atoms with E-state index in [1.807, 2.05) is 12.3 Å². The lowest BCUT2D eigenvalue weighted by Gasteiger charge is -2.32. The van der Waals surface area contributed by atoms with Gasteiger partial charge in [0.05, 0.1) is 12.0 Å². The molecule has 5 heteroatoms. The van der Waals surface area contributed by atoms with Gasteiger partial charge >= 0.3 is 0 Å². The Bertz CT molecular complexity index is 684. The first-order chi connectivity index (χ1) is 11.0. The molecule has 2 heterocycles. The van der Waals surface area contributed by atoms with Crippen LogP contribution in [0, 0.1) is 5.41 Å². The molecule has 0 atom stereocenters. The number of rotatable bonds is 4. The fourth-order valence-electron chi connectivity index (χ4n) is 3.23. The van der Waals surface area contributed by atoms with Crippen LogP contribution in [0.5, 0.6) is 0 Å². The highest BCUT2D eigenvalue weighted by atomic mass is 16.3. The minimum absolute atomic E-state index is 0.0588. The Morgan fingerprint density at radius 1 is 1.35 bits per heavy atom. The summed E-state index contributed by atoms with van der Waals surface area (Å²) in [6.07, 6.45) is 7.95. The van der Waals surface area contributed by atoms with Gasteiger partial charge in [0, 0.05) is 29.9 Å². The van der Waals surface area contributed by atoms with Crippen molar-refractivity contribution >= 4 is 16.9 Å². The highest BCUT2D eigenvalue weighted by Gasteiger charge is 2.30. The van der Waals surface area contributed by atoms with E-state index in [9.17, 15) is 9.90 Å². The Hall–Kier alpha value is -1.88. The van der Waals surface area contributed by atoms with E-state index in [0.717, 1.165) is 31.3 Å². The fraction of sp³-hybridized carbons (Fsp3) is 0.556. The molecule has 3 rings (SSSR count). The number of aromatic nitrogens is 2. The van der Waals surface area contributed by atoms with Crippen molar-refractivity contribution in [3.05, 3.63) is 30.6 Å². The molecule has 0 radical (unpaired) electrons. The largest absolute Gasteiger partial charge is 0.395 e. The number of hydrogen-bond acceptors (Lipinski definition) is 3. The predicted octanol–water partition coefficient (Wildman–Crippen LogP) is 2.65. The number of nitrogens with zero attached hydrogens (tertiary/aromatic N) is 2. The second-order valence-corrected chi connectivity index (χ2v) is 7.16. The summed E-state index contributed by atoms with van der Waals surface area (Å²) in [5.74, 6) is -0.0588. The zero-order valence-corrected chi connectivity index (χ0v) is 13.8. The van der Waals surface area contributed by atoms with E-state index in [0.29, 0.717) is 6.04 Å². The number of aliphatic hydroxyl groups excluding tert-OH is 1. The van der Waals surface area contributed by atoms with E-state index in [4.69, 9.17) is 0 Å². The first kappa shape index (κ1) is 16.0. The van der Waals surface area contributed by atoms with Crippen LogP contribution in [0.4, 0.5) is 0 Å². The molecule has 0 aliphatic heterocycles. The number of aliphatic hydroxyl groups is 1. The normalized spacial score (nSPS) is 22.2. The van der Waals surface area contributed by atoms with Gasteiger partial charge in [0.25, 0.3) is 0 Å². The number of fused-ring (bicyclic) bond motifs is 1. The number of hydrogen-bond donors (Lipinski definition) is 2. The van der Waals surface area contributed by atoms with Crippen molar-refractivity contribution in [2.45, 2.75) is 51.6 Å². The van der Waals surface area contributed by atoms with E-state index in [1.54, 1.807) is 13.8 Å². The van der Waals surface area contributed by atoms with Gasteiger partial charge in [-0.05, 0) is 57.7 Å². The predicted molar refractivity (Wildman–Crippen MR) is 90.0 cm³/mol. The molecule has 23 heavy (non-hydrogen) atoms. The van der Waals surface area contributed by atoms with Crippen molar-refractivity contribution in [3.63, 3.8) is 0 Å². The van der Waals surface area contributed by atoms with Crippen LogP contribution in [-0.4, -0.2) is 33.2 Å². The van der Waals surface area contributed by atoms with Gasteiger partial charge in [-0.15, -0.1) is 0 Å². The summed E-state index contributed by atoms with van der Waals surface area (Å²) < 4.78 is 2.27. The van der Waals surface area contributed by atoms with Crippen molar-refractivity contribution in [2.24, 2.45) is 5.41 Å². The zero-order chi connectivity index (χ0) is 16.4. The van der Waals surface area contributed by atoms with Gasteiger partial charge in [-0.1, -0.05) is 0 Å². The molecule has 1 fully saturated rings. The van der Waals surface area contributed by atoms with Gasteiger partial charge in [0.1, 0.15) is 5.65 Å². The molecule has 1 amide bonds. The molecule has 2 N–H and O–H groups in total. The van der Waals surface area contributed by atoms with Crippen LogP contribution in [0.2, 0.25) is 0 Å². The lowest BCUT2D eigenvalue weighted by molar-refractivity contribution is -0.132. The summed E-state index contributed by atoms with van der Waals surface area (Å²) in [5.41, 5.74) is 0.332. The fourth-order valence-corrected chi connectivity index (χ4v) is 3.23. The SMILES string of the molecule is CC(C)(CO)C(=O)NC1CCC(n2ccc3cccnc32)CC1. The van der Waals surface area contributed by atoms with Crippen LogP contribution in [0.1, 0.15) is 45.6 Å². The molecule has 1 aliphatic carbocycles. The summed E-state index contributed by atoms with van der Waals surface area (Å²) >= 11 is 0. The van der Waals surface area contributed by atoms with Crippen molar-refractivity contribution < 1.29 is 9.90 Å². The number of amides is 1. The van der Waals surface area contributed by atoms with Gasteiger partial charge in [-0.3, -0.25) is 4.79 Å². The molecule has 2 aromatic rings. The minimum atomic E-state index is -0.711. The van der Waals surface area contributed by atoms with E-state index < -0.39 is 5.41 Å². The third-order valence-electron chi connectivity index (χ3n) is 4.91. The molecule has 0 aromatic carbocycles. The van der Waals surface area contributed by atoms with E-state index in [1.165, 1.54) is 5.39 Å². The average molecular weight is 315 g/mol. The van der Waals surface area contributed by atoms with Crippen LogP contribution >= 0.6 is 0 Å². The Morgan fingerprint density at radius 2 is 2.09 bits per heavy atom. The number of nitrogens with one attached hydrogen (secondary N) is 1. The maximum atomic E-state index is 12.2. The lowest BCUT2D eigenvalue weighted by Crippen LogP contribution is -2.45. The Balaban J connectivity index is 1.62. The van der Waals surface area contributed by atoms with Crippen LogP contribution < -0.4 is 5.32 Å². The summed E-state index contributed by atoms with van der Waals surface area (Å²) in [6.45, 7) is 3.41. The first-order valence-electron chi connectivity index (χ1n) is 8.34. The first-order valence-corrected chi connectivity index (χ1v) is 8.34. The van der Waals surface area contributed by atoms with E-state index in [-0.39, 0.29) is 18.6 Å². The molecule has 1 aliphatic rings. The Labute approximate surface area is 136 Å². The molecule has 124 valence electrons. The third-order valence-corrected chi connectivity index (χ3v) is 4.91. The van der Waals surface area contributed by atoms with Gasteiger partial charge in [0.2, 0.25) is 5.91 Å². The van der Waals surface area contributed by atoms with Gasteiger partial charge < -0.3 is 15.0 Å². The monoisotopic (exact) mass is 315 g/mol. The molecule has 0 unspecified atom stereocenters. The molecule has 0 bridgehead atoms. The van der Waals surface area contributed by atoms with Gasteiger partial charge in [-0.2, -0.15) is 0 Å². The maximum Gasteiger partial charge on any atom is 0.228 e. The maximum absolute atomic E-state index is 12.2. The smallest absolute Gasteiger partial charge is 0.228 e. The van der Waals surface area contributed by atoms with E-state index in [2.05, 4.69) is 33.2 Å². The highest BCUT2D eigenvalue weighted by Crippen LogP contribution is 2.31. The number of pyridine rings is 1. The minimum Gasteiger partial charge on any atom is -0.395 e. The molecular formula is C18H25N3O2. The lowest BCUT2D eigenvalue weighted by atomic mass is 9.88. The second kappa shape index (κ2) is 6.32. The molecular weight excluding hydrogens is 290 g/mol. The van der Waals surface area contributed by atoms with Crippen molar-refractivity contribution in [3.8, 4) is 0 Å². The molecule has 1 saturated carbocycles. The van der Waals surface area contributed by atoms with Crippen molar-refractivity contribution in [2.75, 3.05) is 6.61 Å². The number of carbonyl (C=O) groups excluding carboxylic acids is 1. The summed E-state index contributed by atoms with van der Waals surface area (Å²) in [4.78, 5) is 16.7. The molecule has 0 saturated heterocycles. The Morgan fingerprint density at radius 3 is 2.78 bits per heavy atom. The standard InChI is InChI=1S/C18H25N3O2/c1-18(2,12-22)17(23)20-14-5-7-15(8-6-14)21-11-9-13-4-3-10-19-16(13)21/h3-4,9-11,14-15,22H,5-8,12H2,1-2H3,(H,20,23). The van der Waals surface area contributed by atoms with E-state index >= 15 is 0 Å². The topological polar surface area (TPSA) is 67.2 Å². The van der Waals surface area contributed by atoms with Crippen molar-refractivity contribution in [1.29, 1.82) is 0 Å². The third kappa shape index (κ3) is 3.24. The Kier molecular flexibility index (Phi) is 4.39. The molecule has 0 spiro atoms. The van der Waals surface area contributed by atoms with Crippen LogP contribution in [0.3, 0.4) is 0 Å². The van der Waals surface area contributed by atoms with Gasteiger partial charge in [-0.25, -0.2) is 4.98 Å². The molecule has 5 nitrogen and oxygen atoms in total. The van der Waals surface area contributed by atoms with Crippen LogP contribution in [-0.2, 0) is 4.79 Å². The number of carbonyl (C=O) groups is 1. The summed E-state index contributed by atoms with van der Waals surface area (Å²) in [5, 5.41) is 13.6. The molecule has 2 aromatic heterocycles. The quantitative estimate of drug-likeness (QED) is 0.911. The van der Waals surface area contributed by atoms with Crippen LogP contribution in [0.15, 0.2) is 30.6 Å². The second-order valence-electron chi connectivity index (χ2n) is 7.16. The summed E-state index contributed by atoms with van der Waals surface area (Å²) in [7, 11) is 0. The highest BCUT2D eigenvalue weighted by molar-refractivity contribution is 5.82. The van der Waals surface area contributed by atoms with Crippen molar-refractivity contribution in [1.82, 2.24) is 14.9 Å². The van der Waals surface area contributed by atoms with Crippen LogP contribution in [0.25, 0.3) is 11.0 Å². The van der Waals surface area contributed by atoms with Gasteiger partial charge in [0.15, 0.2) is 0 Å². The average Bonchev–Trinajstić information content (AvgIpc) is 2.99.